The van der Waals surface area contributed by atoms with Gasteiger partial charge in [-0.1, -0.05) is 42.5 Å². The molecule has 138 valence electrons. The molecule has 0 radical (unpaired) electrons. The number of carbonyl (C=O) groups is 1. The molecule has 1 amide bonds. The minimum absolute atomic E-state index is 0.136. The summed E-state index contributed by atoms with van der Waals surface area (Å²) >= 11 is 0. The van der Waals surface area contributed by atoms with E-state index in [9.17, 15) is 4.79 Å². The lowest BCUT2D eigenvalue weighted by atomic mass is 10.1. The van der Waals surface area contributed by atoms with Crippen LogP contribution in [0.3, 0.4) is 0 Å². The highest BCUT2D eigenvalue weighted by molar-refractivity contribution is 5.95. The number of hydrogen-bond donors (Lipinski definition) is 1. The molecule has 1 heterocycles. The van der Waals surface area contributed by atoms with Crippen molar-refractivity contribution < 1.29 is 9.53 Å². The number of para-hydroxylation sites is 1. The van der Waals surface area contributed by atoms with Crippen molar-refractivity contribution in [3.05, 3.63) is 90.1 Å². The molecule has 4 heteroatoms. The number of benzene rings is 3. The molecule has 0 aliphatic carbocycles. The monoisotopic (exact) mass is 368 g/mol. The summed E-state index contributed by atoms with van der Waals surface area (Å²) in [5.41, 5.74) is 2.86. The number of nitrogens with zero attached hydrogens (tertiary/aromatic N) is 1. The summed E-state index contributed by atoms with van der Waals surface area (Å²) in [4.78, 5) is 16.6. The van der Waals surface area contributed by atoms with Gasteiger partial charge in [0.25, 0.3) is 0 Å². The molecule has 0 bridgehead atoms. The van der Waals surface area contributed by atoms with Crippen LogP contribution in [0.5, 0.6) is 5.75 Å². The molecule has 4 aromatic rings. The zero-order chi connectivity index (χ0) is 19.3. The molecule has 0 saturated heterocycles. The van der Waals surface area contributed by atoms with Crippen molar-refractivity contribution in [2.24, 2.45) is 0 Å². The predicted molar refractivity (Wildman–Crippen MR) is 113 cm³/mol. The Morgan fingerprint density at radius 3 is 2.71 bits per heavy atom. The van der Waals surface area contributed by atoms with Crippen LogP contribution >= 0.6 is 0 Å². The second kappa shape index (κ2) is 7.92. The second-order valence-electron chi connectivity index (χ2n) is 6.52. The van der Waals surface area contributed by atoms with Gasteiger partial charge in [-0.05, 0) is 46.7 Å². The molecule has 0 atom stereocenters. The van der Waals surface area contributed by atoms with Gasteiger partial charge in [0, 0.05) is 29.8 Å². The number of ether oxygens (including phenoxy) is 1. The van der Waals surface area contributed by atoms with E-state index in [1.54, 1.807) is 25.5 Å². The Bertz CT molecular complexity index is 1180. The average Bonchev–Trinajstić information content (AvgIpc) is 2.75. The van der Waals surface area contributed by atoms with Crippen LogP contribution in [0.15, 0.2) is 79.0 Å². The average molecular weight is 368 g/mol. The number of nitrogens with one attached hydrogen (secondary N) is 1. The van der Waals surface area contributed by atoms with Gasteiger partial charge in [0.2, 0.25) is 5.91 Å². The fraction of sp³-hybridized carbons (Fsp3) is 0.0833. The molecule has 1 aromatic heterocycles. The van der Waals surface area contributed by atoms with Crippen molar-refractivity contribution in [2.45, 2.75) is 6.54 Å². The van der Waals surface area contributed by atoms with E-state index in [1.807, 2.05) is 60.7 Å². The lowest BCUT2D eigenvalue weighted by molar-refractivity contribution is -0.116. The Balaban J connectivity index is 1.44. The van der Waals surface area contributed by atoms with Crippen LogP contribution in [-0.4, -0.2) is 18.0 Å². The van der Waals surface area contributed by atoms with Crippen molar-refractivity contribution in [1.82, 2.24) is 10.3 Å². The quantitative estimate of drug-likeness (QED) is 0.518. The molecule has 0 fully saturated rings. The van der Waals surface area contributed by atoms with E-state index in [1.165, 1.54) is 0 Å². The first-order chi connectivity index (χ1) is 13.7. The molecule has 0 unspecified atom stereocenters. The van der Waals surface area contributed by atoms with Gasteiger partial charge in [-0.2, -0.15) is 0 Å². The van der Waals surface area contributed by atoms with Crippen LogP contribution in [0, 0.1) is 0 Å². The Labute approximate surface area is 163 Å². The van der Waals surface area contributed by atoms with Crippen molar-refractivity contribution in [3.8, 4) is 5.75 Å². The summed E-state index contributed by atoms with van der Waals surface area (Å²) in [5, 5.41) is 6.21. The molecule has 4 rings (SSSR count). The minimum atomic E-state index is -0.136. The van der Waals surface area contributed by atoms with Crippen LogP contribution in [0.1, 0.15) is 11.1 Å². The lowest BCUT2D eigenvalue weighted by Gasteiger charge is -2.06. The number of hydrogen-bond acceptors (Lipinski definition) is 3. The van der Waals surface area contributed by atoms with Gasteiger partial charge in [-0.25, -0.2) is 0 Å². The van der Waals surface area contributed by atoms with E-state index in [4.69, 9.17) is 4.74 Å². The number of rotatable bonds is 5. The smallest absolute Gasteiger partial charge is 0.244 e. The van der Waals surface area contributed by atoms with E-state index in [0.717, 1.165) is 38.6 Å². The number of aromatic nitrogens is 1. The van der Waals surface area contributed by atoms with Crippen molar-refractivity contribution >= 4 is 33.7 Å². The fourth-order valence-electron chi connectivity index (χ4n) is 3.19. The van der Waals surface area contributed by atoms with Crippen LogP contribution in [0.4, 0.5) is 0 Å². The zero-order valence-electron chi connectivity index (χ0n) is 15.6. The van der Waals surface area contributed by atoms with Gasteiger partial charge in [0.15, 0.2) is 0 Å². The molecule has 4 nitrogen and oxygen atoms in total. The lowest BCUT2D eigenvalue weighted by Crippen LogP contribution is -2.20. The molecule has 1 N–H and O–H groups in total. The third-order valence-corrected chi connectivity index (χ3v) is 4.66. The maximum atomic E-state index is 12.2. The third-order valence-electron chi connectivity index (χ3n) is 4.66. The topological polar surface area (TPSA) is 51.2 Å². The Kier molecular flexibility index (Phi) is 5.02. The van der Waals surface area contributed by atoms with Gasteiger partial charge in [0.1, 0.15) is 5.75 Å². The molecular formula is C24H20N2O2. The van der Waals surface area contributed by atoms with E-state index < -0.39 is 0 Å². The van der Waals surface area contributed by atoms with Crippen molar-refractivity contribution in [3.63, 3.8) is 0 Å². The van der Waals surface area contributed by atoms with Crippen molar-refractivity contribution in [1.29, 1.82) is 0 Å². The molecule has 28 heavy (non-hydrogen) atoms. The van der Waals surface area contributed by atoms with Gasteiger partial charge >= 0.3 is 0 Å². The van der Waals surface area contributed by atoms with Gasteiger partial charge in [-0.15, -0.1) is 0 Å². The minimum Gasteiger partial charge on any atom is -0.497 e. The van der Waals surface area contributed by atoms with Crippen LogP contribution < -0.4 is 10.1 Å². The van der Waals surface area contributed by atoms with E-state index >= 15 is 0 Å². The van der Waals surface area contributed by atoms with E-state index in [-0.39, 0.29) is 5.91 Å². The number of carbonyl (C=O) groups excluding carboxylic acids is 1. The van der Waals surface area contributed by atoms with Crippen LogP contribution in [0.2, 0.25) is 0 Å². The fourth-order valence-corrected chi connectivity index (χ4v) is 3.19. The summed E-state index contributed by atoms with van der Waals surface area (Å²) in [7, 11) is 1.66. The van der Waals surface area contributed by atoms with Crippen LogP contribution in [0.25, 0.3) is 27.8 Å². The molecular weight excluding hydrogens is 348 g/mol. The molecule has 0 aliphatic rings. The number of fused-ring (bicyclic) bond motifs is 2. The first-order valence-electron chi connectivity index (χ1n) is 9.09. The highest BCUT2D eigenvalue weighted by atomic mass is 16.5. The highest BCUT2D eigenvalue weighted by Gasteiger charge is 2.02. The Morgan fingerprint density at radius 1 is 1.00 bits per heavy atom. The van der Waals surface area contributed by atoms with Gasteiger partial charge in [0.05, 0.1) is 12.6 Å². The van der Waals surface area contributed by atoms with E-state index in [2.05, 4.69) is 16.4 Å². The van der Waals surface area contributed by atoms with Gasteiger partial charge in [-0.3, -0.25) is 9.78 Å². The van der Waals surface area contributed by atoms with Gasteiger partial charge < -0.3 is 10.1 Å². The van der Waals surface area contributed by atoms with Crippen LogP contribution in [-0.2, 0) is 11.3 Å². The number of methoxy groups -OCH3 is 1. The Hall–Kier alpha value is -3.66. The molecule has 0 saturated carbocycles. The van der Waals surface area contributed by atoms with Crippen molar-refractivity contribution in [2.75, 3.05) is 7.11 Å². The summed E-state index contributed by atoms with van der Waals surface area (Å²) in [5.74, 6) is 0.698. The second-order valence-corrected chi connectivity index (χ2v) is 6.52. The summed E-state index contributed by atoms with van der Waals surface area (Å²) in [6.45, 7) is 0.471. The first kappa shape index (κ1) is 17.7. The Morgan fingerprint density at radius 2 is 1.82 bits per heavy atom. The summed E-state index contributed by atoms with van der Waals surface area (Å²) in [6.07, 6.45) is 5.11. The molecule has 0 aliphatic heterocycles. The number of pyridine rings is 1. The van der Waals surface area contributed by atoms with E-state index in [0.29, 0.717) is 6.54 Å². The normalized spacial score (nSPS) is 11.2. The predicted octanol–water partition coefficient (Wildman–Crippen LogP) is 4.73. The highest BCUT2D eigenvalue weighted by Crippen LogP contribution is 2.22. The zero-order valence-corrected chi connectivity index (χ0v) is 15.6. The summed E-state index contributed by atoms with van der Waals surface area (Å²) in [6, 6.07) is 21.9. The maximum Gasteiger partial charge on any atom is 0.244 e. The largest absolute Gasteiger partial charge is 0.497 e. The third kappa shape index (κ3) is 3.86. The SMILES string of the molecule is COc1ccc2cc(CNC(=O)/C=C/c3cccc4cccnc34)ccc2c1. The molecule has 0 spiro atoms. The standard InChI is InChI=1S/C24H20N2O2/c1-28-22-11-9-20-14-17(7-8-21(20)15-22)16-26-23(27)12-10-19-5-2-4-18-6-3-13-25-24(18)19/h2-15H,16H2,1H3,(H,26,27)/b12-10+. The number of amides is 1. The molecule has 3 aromatic carbocycles. The maximum absolute atomic E-state index is 12.2. The first-order valence-corrected chi connectivity index (χ1v) is 9.09. The summed E-state index contributed by atoms with van der Waals surface area (Å²) < 4.78 is 5.25.